The van der Waals surface area contributed by atoms with Crippen molar-refractivity contribution in [3.05, 3.63) is 76.4 Å². The molecule has 2 aliphatic heterocycles. The average Bonchev–Trinajstić information content (AvgIpc) is 3.20. The molecule has 0 radical (unpaired) electrons. The predicted molar refractivity (Wildman–Crippen MR) is 142 cm³/mol. The monoisotopic (exact) mass is 493 g/mol. The second-order valence-electron chi connectivity index (χ2n) is 9.97. The quantitative estimate of drug-likeness (QED) is 0.457. The summed E-state index contributed by atoms with van der Waals surface area (Å²) in [6.45, 7) is 6.25. The molecule has 1 saturated carbocycles. The first-order chi connectivity index (χ1) is 17.2. The molecule has 2 heterocycles. The summed E-state index contributed by atoms with van der Waals surface area (Å²) in [4.78, 5) is 21.3. The Hall–Kier alpha value is -2.15. The molecule has 0 aromatic heterocycles. The fourth-order valence-corrected chi connectivity index (χ4v) is 6.94. The van der Waals surface area contributed by atoms with Crippen LogP contribution >= 0.6 is 11.8 Å². The van der Waals surface area contributed by atoms with Gasteiger partial charge in [-0.05, 0) is 55.1 Å². The van der Waals surface area contributed by atoms with Crippen molar-refractivity contribution in [3.63, 3.8) is 0 Å². The molecule has 6 heteroatoms. The van der Waals surface area contributed by atoms with Gasteiger partial charge in [0.1, 0.15) is 11.2 Å². The molecule has 5 rings (SSSR count). The molecule has 35 heavy (non-hydrogen) atoms. The van der Waals surface area contributed by atoms with Crippen LogP contribution in [0.4, 0.5) is 4.39 Å². The smallest absolute Gasteiger partial charge is 0.261 e. The SMILES string of the molecule is O=C1/C(=C/c2ccccc2)SC(c2cccc(F)c2)N1CCCN1CCN(C2CCCCC2)CC1. The second-order valence-corrected chi connectivity index (χ2v) is 11.1. The molecule has 2 saturated heterocycles. The van der Waals surface area contributed by atoms with Crippen LogP contribution in [0.15, 0.2) is 59.5 Å². The summed E-state index contributed by atoms with van der Waals surface area (Å²) in [5.41, 5.74) is 1.86. The first kappa shape index (κ1) is 24.5. The molecule has 0 spiro atoms. The first-order valence-corrected chi connectivity index (χ1v) is 14.0. The number of hydrogen-bond donors (Lipinski definition) is 0. The molecule has 0 N–H and O–H groups in total. The molecule has 2 aromatic carbocycles. The minimum Gasteiger partial charge on any atom is -0.322 e. The number of hydrogen-bond acceptors (Lipinski definition) is 4. The van der Waals surface area contributed by atoms with Gasteiger partial charge < -0.3 is 9.80 Å². The maximum atomic E-state index is 14.0. The van der Waals surface area contributed by atoms with E-state index in [2.05, 4.69) is 9.80 Å². The van der Waals surface area contributed by atoms with E-state index in [0.717, 1.165) is 48.1 Å². The highest BCUT2D eigenvalue weighted by Gasteiger charge is 2.37. The minimum atomic E-state index is -0.258. The van der Waals surface area contributed by atoms with Crippen LogP contribution in [0.2, 0.25) is 0 Å². The van der Waals surface area contributed by atoms with E-state index < -0.39 is 0 Å². The number of halogens is 1. The molecule has 3 fully saturated rings. The van der Waals surface area contributed by atoms with Crippen LogP contribution < -0.4 is 0 Å². The lowest BCUT2D eigenvalue weighted by atomic mass is 9.94. The van der Waals surface area contributed by atoms with Crippen molar-refractivity contribution >= 4 is 23.7 Å². The lowest BCUT2D eigenvalue weighted by molar-refractivity contribution is -0.126. The highest BCUT2D eigenvalue weighted by atomic mass is 32.2. The Bertz CT molecular complexity index is 1020. The van der Waals surface area contributed by atoms with E-state index in [-0.39, 0.29) is 17.1 Å². The number of nitrogens with zero attached hydrogens (tertiary/aromatic N) is 3. The Morgan fingerprint density at radius 3 is 2.43 bits per heavy atom. The zero-order chi connectivity index (χ0) is 24.0. The van der Waals surface area contributed by atoms with E-state index in [1.54, 1.807) is 12.1 Å². The lowest BCUT2D eigenvalue weighted by Gasteiger charge is -2.41. The van der Waals surface area contributed by atoms with Gasteiger partial charge in [-0.2, -0.15) is 0 Å². The highest BCUT2D eigenvalue weighted by Crippen LogP contribution is 2.46. The van der Waals surface area contributed by atoms with Crippen molar-refractivity contribution in [2.24, 2.45) is 0 Å². The average molecular weight is 494 g/mol. The number of amides is 1. The van der Waals surface area contributed by atoms with Crippen molar-refractivity contribution in [1.29, 1.82) is 0 Å². The molecule has 1 amide bonds. The molecule has 1 unspecified atom stereocenters. The molecular weight excluding hydrogens is 457 g/mol. The molecule has 3 aliphatic rings. The van der Waals surface area contributed by atoms with Crippen LogP contribution in [-0.2, 0) is 4.79 Å². The van der Waals surface area contributed by atoms with Gasteiger partial charge in [0.2, 0.25) is 0 Å². The van der Waals surface area contributed by atoms with Gasteiger partial charge in [-0.25, -0.2) is 4.39 Å². The molecule has 0 bridgehead atoms. The van der Waals surface area contributed by atoms with E-state index in [9.17, 15) is 9.18 Å². The second kappa shape index (κ2) is 11.7. The Morgan fingerprint density at radius 1 is 0.914 bits per heavy atom. The number of rotatable bonds is 7. The van der Waals surface area contributed by atoms with Gasteiger partial charge in [-0.1, -0.05) is 73.5 Å². The van der Waals surface area contributed by atoms with Crippen molar-refractivity contribution in [2.45, 2.75) is 49.9 Å². The van der Waals surface area contributed by atoms with Gasteiger partial charge in [0, 0.05) is 38.8 Å². The number of carbonyl (C=O) groups excluding carboxylic acids is 1. The number of carbonyl (C=O) groups is 1. The summed E-state index contributed by atoms with van der Waals surface area (Å²) in [6.07, 6.45) is 9.82. The first-order valence-electron chi connectivity index (χ1n) is 13.1. The van der Waals surface area contributed by atoms with Crippen LogP contribution in [0.5, 0.6) is 0 Å². The molecule has 1 atom stereocenters. The highest BCUT2D eigenvalue weighted by molar-refractivity contribution is 8.04. The van der Waals surface area contributed by atoms with Crippen molar-refractivity contribution in [1.82, 2.24) is 14.7 Å². The summed E-state index contributed by atoms with van der Waals surface area (Å²) in [7, 11) is 0. The zero-order valence-electron chi connectivity index (χ0n) is 20.4. The maximum absolute atomic E-state index is 14.0. The van der Waals surface area contributed by atoms with Crippen LogP contribution in [-0.4, -0.2) is 65.9 Å². The summed E-state index contributed by atoms with van der Waals surface area (Å²) in [6, 6.07) is 17.4. The molecule has 186 valence electrons. The van der Waals surface area contributed by atoms with Gasteiger partial charge in [0.15, 0.2) is 0 Å². The van der Waals surface area contributed by atoms with Gasteiger partial charge >= 0.3 is 0 Å². The lowest BCUT2D eigenvalue weighted by Crippen LogP contribution is -2.51. The fourth-order valence-electron chi connectivity index (χ4n) is 5.67. The Labute approximate surface area is 213 Å². The zero-order valence-corrected chi connectivity index (χ0v) is 21.3. The summed E-state index contributed by atoms with van der Waals surface area (Å²) in [5.74, 6) is -0.206. The minimum absolute atomic E-state index is 0.0511. The van der Waals surface area contributed by atoms with Gasteiger partial charge in [-0.3, -0.25) is 9.69 Å². The molecule has 1 aliphatic carbocycles. The van der Waals surface area contributed by atoms with Gasteiger partial charge in [-0.15, -0.1) is 0 Å². The topological polar surface area (TPSA) is 26.8 Å². The van der Waals surface area contributed by atoms with Crippen LogP contribution in [0.25, 0.3) is 6.08 Å². The van der Waals surface area contributed by atoms with Crippen molar-refractivity contribution < 1.29 is 9.18 Å². The van der Waals surface area contributed by atoms with Crippen LogP contribution in [0.3, 0.4) is 0 Å². The number of thioether (sulfide) groups is 1. The van der Waals surface area contributed by atoms with Crippen LogP contribution in [0, 0.1) is 5.82 Å². The summed E-state index contributed by atoms with van der Waals surface area (Å²) >= 11 is 1.54. The number of benzene rings is 2. The normalized spacial score (nSPS) is 23.9. The van der Waals surface area contributed by atoms with Crippen molar-refractivity contribution in [3.8, 4) is 0 Å². The van der Waals surface area contributed by atoms with E-state index in [0.29, 0.717) is 6.54 Å². The standard InChI is InChI=1S/C29H36FN3OS/c30-25-12-7-11-24(22-25)29-33(28(34)27(35-29)21-23-9-3-1-4-10-23)16-8-15-31-17-19-32(20-18-31)26-13-5-2-6-14-26/h1,3-4,7,9-12,21-22,26,29H,2,5-6,8,13-20H2/b27-21-. The predicted octanol–water partition coefficient (Wildman–Crippen LogP) is 5.78. The summed E-state index contributed by atoms with van der Waals surface area (Å²) in [5, 5.41) is -0.184. The Balaban J connectivity index is 1.20. The van der Waals surface area contributed by atoms with E-state index >= 15 is 0 Å². The maximum Gasteiger partial charge on any atom is 0.261 e. The fraction of sp³-hybridized carbons (Fsp3) is 0.483. The third-order valence-corrected chi connectivity index (χ3v) is 8.89. The molecule has 4 nitrogen and oxygen atoms in total. The van der Waals surface area contributed by atoms with E-state index in [1.807, 2.05) is 47.4 Å². The Kier molecular flexibility index (Phi) is 8.22. The third-order valence-electron chi connectivity index (χ3n) is 7.60. The molecular formula is C29H36FN3OS. The van der Waals surface area contributed by atoms with E-state index in [4.69, 9.17) is 0 Å². The Morgan fingerprint density at radius 2 is 1.69 bits per heavy atom. The van der Waals surface area contributed by atoms with Crippen LogP contribution in [0.1, 0.15) is 55.0 Å². The number of piperazine rings is 1. The van der Waals surface area contributed by atoms with E-state index in [1.165, 1.54) is 63.0 Å². The third kappa shape index (κ3) is 6.16. The largest absolute Gasteiger partial charge is 0.322 e. The van der Waals surface area contributed by atoms with Crippen molar-refractivity contribution in [2.75, 3.05) is 39.3 Å². The van der Waals surface area contributed by atoms with Gasteiger partial charge in [0.25, 0.3) is 5.91 Å². The summed E-state index contributed by atoms with van der Waals surface area (Å²) < 4.78 is 14.0. The molecule has 2 aromatic rings. The van der Waals surface area contributed by atoms with Gasteiger partial charge in [0.05, 0.1) is 4.91 Å².